The van der Waals surface area contributed by atoms with Crippen molar-refractivity contribution in [3.05, 3.63) is 0 Å². The van der Waals surface area contributed by atoms with Crippen molar-refractivity contribution < 1.29 is 66.3 Å². The van der Waals surface area contributed by atoms with E-state index in [1.807, 2.05) is 0 Å². The molecule has 0 bridgehead atoms. The molecule has 0 saturated carbocycles. The van der Waals surface area contributed by atoms with Gasteiger partial charge in [-0.05, 0) is 0 Å². The maximum Gasteiger partial charge on any atom is 0.498 e. The highest BCUT2D eigenvalue weighted by Crippen LogP contribution is 2.55. The van der Waals surface area contributed by atoms with Crippen LogP contribution in [0.25, 0.3) is 0 Å². The minimum absolute atomic E-state index is 0.566. The van der Waals surface area contributed by atoms with Gasteiger partial charge >= 0.3 is 24.6 Å². The molecule has 0 fully saturated rings. The average molecular weight is 474 g/mol. The number of rotatable bonds is 8. The summed E-state index contributed by atoms with van der Waals surface area (Å²) in [6, 6.07) is 0. The highest BCUT2D eigenvalue weighted by atomic mass is 32.3. The predicted octanol–water partition coefficient (Wildman–Crippen LogP) is 1.60. The van der Waals surface area contributed by atoms with E-state index < -0.39 is 60.9 Å². The third-order valence-corrected chi connectivity index (χ3v) is 9.90. The molecular formula is C9H13F6O9PS2. The molecule has 0 radical (unpaired) electrons. The third kappa shape index (κ3) is 5.13. The molecule has 0 saturated heterocycles. The highest BCUT2D eigenvalue weighted by molar-refractivity contribution is 8.09. The van der Waals surface area contributed by atoms with Crippen LogP contribution in [-0.4, -0.2) is 65.4 Å². The summed E-state index contributed by atoms with van der Waals surface area (Å²) < 4.78 is 143. The molecule has 0 aliphatic rings. The zero-order chi connectivity index (χ0) is 22.1. The van der Waals surface area contributed by atoms with Gasteiger partial charge in [0.25, 0.3) is 19.7 Å². The smallest absolute Gasteiger partial charge is 0.468 e. The second kappa shape index (κ2) is 8.23. The molecule has 0 aliphatic heterocycles. The van der Waals surface area contributed by atoms with Gasteiger partial charge < -0.3 is 13.8 Å². The fraction of sp³-hybridized carbons (Fsp3) is 0.889. The maximum atomic E-state index is 12.7. The Hall–Kier alpha value is -0.900. The van der Waals surface area contributed by atoms with E-state index in [1.165, 1.54) is 0 Å². The molecule has 27 heavy (non-hydrogen) atoms. The van der Waals surface area contributed by atoms with Gasteiger partial charge in [-0.3, -0.25) is 9.36 Å². The van der Waals surface area contributed by atoms with Crippen molar-refractivity contribution in [2.24, 2.45) is 0 Å². The van der Waals surface area contributed by atoms with E-state index in [-0.39, 0.29) is 0 Å². The molecule has 0 aromatic heterocycles. The number of methoxy groups -OCH3 is 1. The number of carbonyl (C=O) groups excluding carboxylic acids is 1. The number of ether oxygens (including phenoxy) is 1. The van der Waals surface area contributed by atoms with Gasteiger partial charge in [-0.15, -0.1) is 0 Å². The minimum Gasteiger partial charge on any atom is -0.468 e. The van der Waals surface area contributed by atoms with Crippen LogP contribution in [0.3, 0.4) is 0 Å². The Labute approximate surface area is 149 Å². The number of sulfone groups is 2. The third-order valence-electron chi connectivity index (χ3n) is 3.12. The second-order valence-electron chi connectivity index (χ2n) is 4.59. The van der Waals surface area contributed by atoms with Crippen molar-refractivity contribution in [2.45, 2.75) is 27.7 Å². The summed E-state index contributed by atoms with van der Waals surface area (Å²) in [6.07, 6.45) is -2.25. The quantitative estimate of drug-likeness (QED) is 0.293. The topological polar surface area (TPSA) is 130 Å². The van der Waals surface area contributed by atoms with Crippen LogP contribution >= 0.6 is 7.60 Å². The molecule has 1 atom stereocenters. The Bertz CT molecular complexity index is 749. The lowest BCUT2D eigenvalue weighted by molar-refractivity contribution is -0.140. The summed E-state index contributed by atoms with van der Waals surface area (Å²) in [4.78, 5) is 11.7. The minimum atomic E-state index is -7.04. The summed E-state index contributed by atoms with van der Waals surface area (Å²) in [6.45, 7) is 0. The zero-order valence-corrected chi connectivity index (χ0v) is 16.1. The van der Waals surface area contributed by atoms with E-state index in [0.29, 0.717) is 21.3 Å². The van der Waals surface area contributed by atoms with Crippen LogP contribution in [0.2, 0.25) is 0 Å². The maximum absolute atomic E-state index is 12.7. The van der Waals surface area contributed by atoms with Gasteiger partial charge in [-0.1, -0.05) is 0 Å². The van der Waals surface area contributed by atoms with Crippen molar-refractivity contribution in [1.29, 1.82) is 0 Å². The largest absolute Gasteiger partial charge is 0.498 e. The first-order valence-electron chi connectivity index (χ1n) is 6.22. The average Bonchev–Trinajstić information content (AvgIpc) is 2.51. The van der Waals surface area contributed by atoms with Gasteiger partial charge in [0.15, 0.2) is 10.2 Å². The number of halogens is 6. The predicted molar refractivity (Wildman–Crippen MR) is 75.8 cm³/mol. The monoisotopic (exact) mass is 474 g/mol. The Balaban J connectivity index is 6.74. The zero-order valence-electron chi connectivity index (χ0n) is 13.6. The lowest BCUT2D eigenvalue weighted by Gasteiger charge is -2.27. The van der Waals surface area contributed by atoms with Gasteiger partial charge in [-0.2, -0.15) is 26.3 Å². The molecule has 162 valence electrons. The summed E-state index contributed by atoms with van der Waals surface area (Å²) >= 11 is 0. The van der Waals surface area contributed by atoms with Crippen LogP contribution < -0.4 is 0 Å². The van der Waals surface area contributed by atoms with Gasteiger partial charge in [0, 0.05) is 20.6 Å². The van der Waals surface area contributed by atoms with Crippen molar-refractivity contribution in [2.75, 3.05) is 21.3 Å². The van der Waals surface area contributed by atoms with Gasteiger partial charge in [0.2, 0.25) is 0 Å². The molecular weight excluding hydrogens is 461 g/mol. The van der Waals surface area contributed by atoms with Crippen LogP contribution in [0.15, 0.2) is 0 Å². The van der Waals surface area contributed by atoms with Crippen molar-refractivity contribution >= 4 is 33.2 Å². The summed E-state index contributed by atoms with van der Waals surface area (Å²) in [5, 5.41) is 0. The summed E-state index contributed by atoms with van der Waals surface area (Å²) in [5.74, 6) is -1.82. The fourth-order valence-electron chi connectivity index (χ4n) is 1.72. The first kappa shape index (κ1) is 26.1. The number of carbonyl (C=O) groups is 1. The number of hydrogen-bond acceptors (Lipinski definition) is 9. The molecule has 0 aromatic carbocycles. The van der Waals surface area contributed by atoms with Crippen LogP contribution in [0, 0.1) is 0 Å². The van der Waals surface area contributed by atoms with Crippen molar-refractivity contribution in [3.63, 3.8) is 0 Å². The van der Waals surface area contributed by atoms with Crippen molar-refractivity contribution in [1.82, 2.24) is 0 Å². The van der Waals surface area contributed by atoms with Gasteiger partial charge in [0.05, 0.1) is 7.11 Å². The molecule has 0 heterocycles. The highest BCUT2D eigenvalue weighted by Gasteiger charge is 2.64. The summed E-state index contributed by atoms with van der Waals surface area (Å²) in [7, 11) is -17.3. The normalized spacial score (nSPS) is 15.6. The van der Waals surface area contributed by atoms with Gasteiger partial charge in [-0.25, -0.2) is 16.8 Å². The molecule has 0 N–H and O–H groups in total. The molecule has 0 aliphatic carbocycles. The molecule has 9 nitrogen and oxygen atoms in total. The lowest BCUT2D eigenvalue weighted by atomic mass is 10.3. The molecule has 0 rings (SSSR count). The van der Waals surface area contributed by atoms with Crippen LogP contribution in [0.5, 0.6) is 0 Å². The lowest BCUT2D eigenvalue weighted by Crippen LogP contribution is -2.47. The Kier molecular flexibility index (Phi) is 7.95. The van der Waals surface area contributed by atoms with Crippen LogP contribution in [-0.2, 0) is 42.8 Å². The fourth-order valence-corrected chi connectivity index (χ4v) is 6.97. The van der Waals surface area contributed by atoms with E-state index in [2.05, 4.69) is 13.8 Å². The number of hydrogen-bond donors (Lipinski definition) is 0. The van der Waals surface area contributed by atoms with Crippen molar-refractivity contribution in [3.8, 4) is 0 Å². The van der Waals surface area contributed by atoms with E-state index in [9.17, 15) is 52.5 Å². The second-order valence-corrected chi connectivity index (χ2v) is 11.6. The molecule has 0 amide bonds. The van der Waals surface area contributed by atoms with E-state index in [1.54, 1.807) is 0 Å². The van der Waals surface area contributed by atoms with Crippen LogP contribution in [0.1, 0.15) is 6.42 Å². The van der Waals surface area contributed by atoms with E-state index >= 15 is 0 Å². The Morgan fingerprint density at radius 1 is 0.889 bits per heavy atom. The van der Waals surface area contributed by atoms with Gasteiger partial charge in [0.1, 0.15) is 0 Å². The first-order chi connectivity index (χ1) is 11.8. The molecule has 1 unspecified atom stereocenters. The number of alkyl halides is 6. The SMILES string of the molecule is COC(=O)C(CC(S(=O)(=O)C(F)(F)F)S(=O)(=O)C(F)(F)F)P(=O)(OC)OC. The van der Waals surface area contributed by atoms with Crippen LogP contribution in [0.4, 0.5) is 26.3 Å². The Morgan fingerprint density at radius 2 is 1.22 bits per heavy atom. The molecule has 0 aromatic rings. The van der Waals surface area contributed by atoms with E-state index in [4.69, 9.17) is 0 Å². The first-order valence-corrected chi connectivity index (χ1v) is 10.9. The standard InChI is InChI=1S/C9H13F6O9PS2/c1-22-7(16)5(25(17,23-2)24-3)4-6(26(18,19)8(10,11)12)27(20,21)9(13,14)15/h5-6H,4H2,1-3H3. The Morgan fingerprint density at radius 3 is 1.44 bits per heavy atom. The number of esters is 1. The summed E-state index contributed by atoms with van der Waals surface area (Å²) in [5.41, 5.74) is -15.6. The van der Waals surface area contributed by atoms with E-state index in [0.717, 1.165) is 0 Å². The molecule has 0 spiro atoms. The molecule has 18 heteroatoms.